The Morgan fingerprint density at radius 2 is 2.33 bits per heavy atom. The second-order valence-corrected chi connectivity index (χ2v) is 0.534. The Hall–Kier alpha value is -0.0601. The molecule has 6 heteroatoms. The largest absolute Gasteiger partial charge is 0.663 e. The first-order valence-electron chi connectivity index (χ1n) is 1.21. The molecule has 0 fully saturated rings. The van der Waals surface area contributed by atoms with Crippen LogP contribution in [0.25, 0.3) is 0 Å². The first kappa shape index (κ1) is 5.94. The van der Waals surface area contributed by atoms with Gasteiger partial charge in [0.2, 0.25) is 0 Å². The molecule has 0 aromatic carbocycles. The number of hydrogen-bond acceptors (Lipinski definition) is 3. The van der Waals surface area contributed by atoms with Gasteiger partial charge in [-0.1, -0.05) is 0 Å². The molecule has 0 unspecified atom stereocenters. The quantitative estimate of drug-likeness (QED) is 0.405. The lowest BCUT2D eigenvalue weighted by atomic mass is 10.2. The fourth-order valence-electron chi connectivity index (χ4n) is 0.0502. The molecule has 3 nitrogen and oxygen atoms in total. The van der Waals surface area contributed by atoms with Gasteiger partial charge in [-0.3, -0.25) is 4.32 Å². The van der Waals surface area contributed by atoms with Crippen LogP contribution in [0.3, 0.4) is 0 Å². The van der Waals surface area contributed by atoms with E-state index >= 15 is 0 Å². The predicted molar refractivity (Wildman–Crippen MR) is 18.1 cm³/mol. The lowest BCUT2D eigenvalue weighted by Gasteiger charge is -1.86. The van der Waals surface area contributed by atoms with Crippen molar-refractivity contribution < 1.29 is 18.9 Å². The van der Waals surface area contributed by atoms with Crippen molar-refractivity contribution in [1.82, 2.24) is 0 Å². The smallest absolute Gasteiger partial charge is 0.430 e. The van der Waals surface area contributed by atoms with Crippen molar-refractivity contribution in [2.75, 3.05) is 0 Å². The van der Waals surface area contributed by atoms with Crippen LogP contribution in [0.15, 0.2) is 0 Å². The maximum Gasteiger partial charge on any atom is 0.663 e. The highest BCUT2D eigenvalue weighted by Gasteiger charge is 2.09. The third kappa shape index (κ3) is 3.94. The fraction of sp³-hybridized carbons (Fsp3) is 0. The molecule has 0 spiro atoms. The summed E-state index contributed by atoms with van der Waals surface area (Å²) >= 11 is 0. The van der Waals surface area contributed by atoms with Crippen LogP contribution in [0.2, 0.25) is 0 Å². The summed E-state index contributed by atoms with van der Waals surface area (Å²) in [4.78, 5) is 0. The van der Waals surface area contributed by atoms with Gasteiger partial charge in [0.1, 0.15) is 0 Å². The molecule has 1 radical (unpaired) electrons. The summed E-state index contributed by atoms with van der Waals surface area (Å²) in [6, 6.07) is 0. The van der Waals surface area contributed by atoms with E-state index in [2.05, 4.69) is 4.57 Å². The van der Waals surface area contributed by atoms with Crippen molar-refractivity contribution in [3.05, 3.63) is 0 Å². The highest BCUT2D eigenvalue weighted by molar-refractivity contribution is 6.43. The molecular formula is H2B2FO3. The van der Waals surface area contributed by atoms with E-state index in [0.29, 0.717) is 0 Å². The normalized spacial score (nSPS) is 7.83. The molecule has 0 aromatic heterocycles. The average Bonchev–Trinajstić information content (AvgIpc) is 1.35. The minimum Gasteiger partial charge on any atom is -0.430 e. The molecular weight excluding hydrogens is 88.6 g/mol. The minimum atomic E-state index is -2.41. The SMILES string of the molecule is O[B]OB(O)F. The monoisotopic (exact) mass is 91.0 g/mol. The van der Waals surface area contributed by atoms with Crippen molar-refractivity contribution in [3.63, 3.8) is 0 Å². The summed E-state index contributed by atoms with van der Waals surface area (Å²) in [5.74, 6) is 0. The van der Waals surface area contributed by atoms with Crippen LogP contribution >= 0.6 is 0 Å². The molecule has 0 saturated heterocycles. The van der Waals surface area contributed by atoms with Crippen LogP contribution in [-0.4, -0.2) is 25.1 Å². The Balaban J connectivity index is 2.63. The molecule has 0 amide bonds. The number of hydrogen-bond donors (Lipinski definition) is 2. The first-order chi connectivity index (χ1) is 2.77. The molecule has 0 bridgehead atoms. The third-order valence-corrected chi connectivity index (χ3v) is 0.173. The average molecular weight is 90.6 g/mol. The maximum absolute atomic E-state index is 10.8. The van der Waals surface area contributed by atoms with Crippen LogP contribution in [-0.2, 0) is 4.57 Å². The maximum atomic E-state index is 10.8. The first-order valence-corrected chi connectivity index (χ1v) is 1.21. The van der Waals surface area contributed by atoms with Crippen LogP contribution in [0.1, 0.15) is 0 Å². The van der Waals surface area contributed by atoms with E-state index < -0.39 is 7.40 Å². The molecule has 0 rings (SSSR count). The minimum absolute atomic E-state index is 0.0741. The zero-order valence-corrected chi connectivity index (χ0v) is 2.84. The van der Waals surface area contributed by atoms with E-state index in [-0.39, 0.29) is 7.69 Å². The van der Waals surface area contributed by atoms with Crippen molar-refractivity contribution in [1.29, 1.82) is 0 Å². The molecule has 0 atom stereocenters. The Morgan fingerprint density at radius 3 is 2.33 bits per heavy atom. The van der Waals surface area contributed by atoms with Crippen LogP contribution in [0, 0.1) is 0 Å². The Kier molecular flexibility index (Phi) is 3.11. The van der Waals surface area contributed by atoms with E-state index in [0.717, 1.165) is 0 Å². The van der Waals surface area contributed by atoms with E-state index in [1.165, 1.54) is 0 Å². The van der Waals surface area contributed by atoms with Crippen molar-refractivity contribution in [2.45, 2.75) is 0 Å². The van der Waals surface area contributed by atoms with Gasteiger partial charge in [-0.05, 0) is 0 Å². The summed E-state index contributed by atoms with van der Waals surface area (Å²) < 4.78 is 14.2. The third-order valence-electron chi connectivity index (χ3n) is 0.173. The van der Waals surface area contributed by atoms with Gasteiger partial charge in [-0.25, -0.2) is 0 Å². The van der Waals surface area contributed by atoms with E-state index in [1.54, 1.807) is 0 Å². The van der Waals surface area contributed by atoms with Crippen molar-refractivity contribution >= 4 is 15.1 Å². The molecule has 0 aliphatic rings. The van der Waals surface area contributed by atoms with E-state index in [9.17, 15) is 4.32 Å². The van der Waals surface area contributed by atoms with E-state index in [1.807, 2.05) is 0 Å². The van der Waals surface area contributed by atoms with Crippen molar-refractivity contribution in [3.8, 4) is 0 Å². The second-order valence-electron chi connectivity index (χ2n) is 0.534. The number of halogens is 1. The van der Waals surface area contributed by atoms with E-state index in [4.69, 9.17) is 10.0 Å². The predicted octanol–water partition coefficient (Wildman–Crippen LogP) is -1.52. The zero-order chi connectivity index (χ0) is 4.99. The van der Waals surface area contributed by atoms with Crippen LogP contribution in [0.4, 0.5) is 4.32 Å². The van der Waals surface area contributed by atoms with Gasteiger partial charge in [-0.2, -0.15) is 0 Å². The van der Waals surface area contributed by atoms with Crippen LogP contribution < -0.4 is 0 Å². The highest BCUT2D eigenvalue weighted by atomic mass is 19.1. The Morgan fingerprint density at radius 1 is 1.83 bits per heavy atom. The second kappa shape index (κ2) is 3.14. The molecule has 6 heavy (non-hydrogen) atoms. The summed E-state index contributed by atoms with van der Waals surface area (Å²) in [5, 5.41) is 15.0. The highest BCUT2D eigenvalue weighted by Crippen LogP contribution is 1.73. The molecule has 2 N–H and O–H groups in total. The van der Waals surface area contributed by atoms with Gasteiger partial charge in [0.25, 0.3) is 0 Å². The molecule has 0 heterocycles. The topological polar surface area (TPSA) is 49.7 Å². The fourth-order valence-corrected chi connectivity index (χ4v) is 0.0502. The Labute approximate surface area is 35.2 Å². The summed E-state index contributed by atoms with van der Waals surface area (Å²) in [6.07, 6.45) is 0. The van der Waals surface area contributed by atoms with Crippen molar-refractivity contribution in [2.24, 2.45) is 0 Å². The summed E-state index contributed by atoms with van der Waals surface area (Å²) in [5.41, 5.74) is 0. The molecule has 0 aliphatic heterocycles. The lowest BCUT2D eigenvalue weighted by Crippen LogP contribution is -2.13. The summed E-state index contributed by atoms with van der Waals surface area (Å²) in [7, 11) is -2.33. The number of rotatable bonds is 2. The van der Waals surface area contributed by atoms with Gasteiger partial charge in [0.05, 0.1) is 0 Å². The zero-order valence-electron chi connectivity index (χ0n) is 2.84. The molecule has 0 aliphatic carbocycles. The molecule has 0 aromatic rings. The molecule has 0 saturated carbocycles. The van der Waals surface area contributed by atoms with Gasteiger partial charge in [0, 0.05) is 0 Å². The standard InChI is InChI=1S/B2FH2O3/c3-2(5)6-1-4/h4-5H. The van der Waals surface area contributed by atoms with Gasteiger partial charge < -0.3 is 14.6 Å². The van der Waals surface area contributed by atoms with Gasteiger partial charge in [-0.15, -0.1) is 0 Å². The Bertz CT molecular complexity index is 30.0. The lowest BCUT2D eigenvalue weighted by molar-refractivity contribution is 0.328. The summed E-state index contributed by atoms with van der Waals surface area (Å²) in [6.45, 7) is 0. The van der Waals surface area contributed by atoms with Gasteiger partial charge >= 0.3 is 15.1 Å². The van der Waals surface area contributed by atoms with Crippen LogP contribution in [0.5, 0.6) is 0 Å². The van der Waals surface area contributed by atoms with Gasteiger partial charge in [0.15, 0.2) is 0 Å². The molecule has 33 valence electrons.